The maximum Gasteiger partial charge on any atom is 0.289 e. The molecule has 1 amide bonds. The third kappa shape index (κ3) is 3.25. The zero-order chi connectivity index (χ0) is 18.1. The number of carbonyl (C=O) groups is 1. The molecule has 1 saturated heterocycles. The van der Waals surface area contributed by atoms with E-state index in [-0.39, 0.29) is 5.91 Å². The number of aryl methyl sites for hydroxylation is 2. The molecule has 3 aromatic rings. The van der Waals surface area contributed by atoms with Crippen LogP contribution in [0.15, 0.2) is 52.9 Å². The summed E-state index contributed by atoms with van der Waals surface area (Å²) in [6.45, 7) is 8.22. The average Bonchev–Trinajstić information content (AvgIpc) is 2.99. The van der Waals surface area contributed by atoms with Gasteiger partial charge in [0, 0.05) is 43.7 Å². The van der Waals surface area contributed by atoms with E-state index in [1.54, 1.807) is 0 Å². The molecule has 0 saturated carbocycles. The molecular formula is C22H24N2O2. The van der Waals surface area contributed by atoms with Gasteiger partial charge in [-0.2, -0.15) is 0 Å². The Morgan fingerprint density at radius 1 is 1.00 bits per heavy atom. The second kappa shape index (κ2) is 6.96. The fraction of sp³-hybridized carbons (Fsp3) is 0.318. The highest BCUT2D eigenvalue weighted by atomic mass is 16.3. The van der Waals surface area contributed by atoms with Crippen molar-refractivity contribution in [3.05, 3.63) is 71.0 Å². The molecule has 1 aliphatic heterocycles. The van der Waals surface area contributed by atoms with Crippen molar-refractivity contribution < 1.29 is 9.21 Å². The van der Waals surface area contributed by atoms with E-state index in [4.69, 9.17) is 4.42 Å². The number of piperazine rings is 1. The van der Waals surface area contributed by atoms with Gasteiger partial charge in [0.1, 0.15) is 5.58 Å². The number of furan rings is 1. The molecule has 0 N–H and O–H groups in total. The van der Waals surface area contributed by atoms with E-state index in [0.29, 0.717) is 5.76 Å². The summed E-state index contributed by atoms with van der Waals surface area (Å²) < 4.78 is 5.89. The van der Waals surface area contributed by atoms with Gasteiger partial charge in [0.05, 0.1) is 0 Å². The summed E-state index contributed by atoms with van der Waals surface area (Å²) in [5, 5.41) is 1.04. The molecule has 4 nitrogen and oxygen atoms in total. The van der Waals surface area contributed by atoms with Crippen molar-refractivity contribution in [2.24, 2.45) is 0 Å². The Labute approximate surface area is 154 Å². The Kier molecular flexibility index (Phi) is 4.51. The number of hydrogen-bond acceptors (Lipinski definition) is 3. The predicted octanol–water partition coefficient (Wildman–Crippen LogP) is 4.01. The lowest BCUT2D eigenvalue weighted by Crippen LogP contribution is -2.48. The van der Waals surface area contributed by atoms with Gasteiger partial charge >= 0.3 is 0 Å². The van der Waals surface area contributed by atoms with Gasteiger partial charge < -0.3 is 9.32 Å². The average molecular weight is 348 g/mol. The number of amides is 1. The molecule has 1 aliphatic rings. The molecule has 0 aliphatic carbocycles. The van der Waals surface area contributed by atoms with Crippen molar-refractivity contribution in [1.29, 1.82) is 0 Å². The molecule has 0 bridgehead atoms. The summed E-state index contributed by atoms with van der Waals surface area (Å²) in [5.74, 6) is 0.498. The first-order valence-electron chi connectivity index (χ1n) is 9.17. The number of rotatable bonds is 3. The van der Waals surface area contributed by atoms with E-state index in [2.05, 4.69) is 42.2 Å². The van der Waals surface area contributed by atoms with Crippen LogP contribution in [0, 0.1) is 13.8 Å². The van der Waals surface area contributed by atoms with Crippen molar-refractivity contribution >= 4 is 16.9 Å². The minimum atomic E-state index is 0.00992. The van der Waals surface area contributed by atoms with E-state index < -0.39 is 0 Å². The Balaban J connectivity index is 1.44. The molecule has 0 unspecified atom stereocenters. The second-order valence-corrected chi connectivity index (χ2v) is 7.11. The lowest BCUT2D eigenvalue weighted by molar-refractivity contribution is 0.0599. The first-order valence-corrected chi connectivity index (χ1v) is 9.17. The number of carbonyl (C=O) groups excluding carboxylic acids is 1. The standard InChI is InChI=1S/C22H24N2O2/c1-16-8-9-20-19(14-16)17(2)21(26-20)22(25)24-12-10-23(11-13-24)15-18-6-4-3-5-7-18/h3-9,14H,10-13,15H2,1-2H3. The summed E-state index contributed by atoms with van der Waals surface area (Å²) in [4.78, 5) is 17.3. The Morgan fingerprint density at radius 3 is 2.46 bits per heavy atom. The number of fused-ring (bicyclic) bond motifs is 1. The molecule has 0 atom stereocenters. The third-order valence-corrected chi connectivity index (χ3v) is 5.19. The highest BCUT2D eigenvalue weighted by Gasteiger charge is 2.26. The molecule has 26 heavy (non-hydrogen) atoms. The highest BCUT2D eigenvalue weighted by Crippen LogP contribution is 2.27. The summed E-state index contributed by atoms with van der Waals surface area (Å²) in [6, 6.07) is 16.5. The van der Waals surface area contributed by atoms with E-state index in [9.17, 15) is 4.79 Å². The Bertz CT molecular complexity index is 922. The van der Waals surface area contributed by atoms with E-state index >= 15 is 0 Å². The van der Waals surface area contributed by atoms with Gasteiger partial charge in [-0.3, -0.25) is 9.69 Å². The van der Waals surface area contributed by atoms with E-state index in [1.165, 1.54) is 11.1 Å². The molecule has 2 aromatic carbocycles. The van der Waals surface area contributed by atoms with Crippen molar-refractivity contribution in [3.63, 3.8) is 0 Å². The van der Waals surface area contributed by atoms with E-state index in [0.717, 1.165) is 49.3 Å². The van der Waals surface area contributed by atoms with Crippen LogP contribution in [0.25, 0.3) is 11.0 Å². The molecule has 4 heteroatoms. The van der Waals surface area contributed by atoms with Gasteiger partial charge in [0.15, 0.2) is 5.76 Å². The van der Waals surface area contributed by atoms with Gasteiger partial charge in [-0.25, -0.2) is 0 Å². The van der Waals surface area contributed by atoms with Crippen LogP contribution in [0.4, 0.5) is 0 Å². The van der Waals surface area contributed by atoms with Crippen LogP contribution in [-0.2, 0) is 6.54 Å². The van der Waals surface area contributed by atoms with Crippen LogP contribution in [0.2, 0.25) is 0 Å². The largest absolute Gasteiger partial charge is 0.451 e. The normalized spacial score (nSPS) is 15.5. The summed E-state index contributed by atoms with van der Waals surface area (Å²) >= 11 is 0. The molecule has 4 rings (SSSR count). The molecule has 1 aromatic heterocycles. The first-order chi connectivity index (χ1) is 12.6. The minimum Gasteiger partial charge on any atom is -0.451 e. The summed E-state index contributed by atoms with van der Waals surface area (Å²) in [7, 11) is 0. The van der Waals surface area contributed by atoms with Crippen LogP contribution < -0.4 is 0 Å². The maximum atomic E-state index is 13.0. The Hall–Kier alpha value is -2.59. The smallest absolute Gasteiger partial charge is 0.289 e. The molecular weight excluding hydrogens is 324 g/mol. The molecule has 1 fully saturated rings. The van der Waals surface area contributed by atoms with Gasteiger partial charge in [-0.15, -0.1) is 0 Å². The summed E-state index contributed by atoms with van der Waals surface area (Å²) in [6.07, 6.45) is 0. The van der Waals surface area contributed by atoms with Gasteiger partial charge in [-0.05, 0) is 31.5 Å². The quantitative estimate of drug-likeness (QED) is 0.718. The lowest BCUT2D eigenvalue weighted by atomic mass is 10.1. The zero-order valence-corrected chi connectivity index (χ0v) is 15.4. The fourth-order valence-electron chi connectivity index (χ4n) is 3.63. The third-order valence-electron chi connectivity index (χ3n) is 5.19. The number of benzene rings is 2. The SMILES string of the molecule is Cc1ccc2oc(C(=O)N3CCN(Cc4ccccc4)CC3)c(C)c2c1. The van der Waals surface area contributed by atoms with Crippen molar-refractivity contribution in [3.8, 4) is 0 Å². The van der Waals surface area contributed by atoms with Gasteiger partial charge in [-0.1, -0.05) is 42.0 Å². The maximum absolute atomic E-state index is 13.0. The molecule has 134 valence electrons. The van der Waals surface area contributed by atoms with Gasteiger partial charge in [0.25, 0.3) is 5.91 Å². The number of nitrogens with zero attached hydrogens (tertiary/aromatic N) is 2. The van der Waals surface area contributed by atoms with Crippen molar-refractivity contribution in [2.45, 2.75) is 20.4 Å². The fourth-order valence-corrected chi connectivity index (χ4v) is 3.63. The first kappa shape index (κ1) is 16.9. The number of hydrogen-bond donors (Lipinski definition) is 0. The minimum absolute atomic E-state index is 0.00992. The van der Waals surface area contributed by atoms with Crippen LogP contribution >= 0.6 is 0 Å². The Morgan fingerprint density at radius 2 is 1.73 bits per heavy atom. The van der Waals surface area contributed by atoms with Crippen molar-refractivity contribution in [2.75, 3.05) is 26.2 Å². The zero-order valence-electron chi connectivity index (χ0n) is 15.4. The second-order valence-electron chi connectivity index (χ2n) is 7.11. The lowest BCUT2D eigenvalue weighted by Gasteiger charge is -2.34. The topological polar surface area (TPSA) is 36.7 Å². The summed E-state index contributed by atoms with van der Waals surface area (Å²) in [5.41, 5.74) is 4.23. The monoisotopic (exact) mass is 348 g/mol. The van der Waals surface area contributed by atoms with Crippen LogP contribution in [-0.4, -0.2) is 41.9 Å². The highest BCUT2D eigenvalue weighted by molar-refractivity contribution is 5.99. The van der Waals surface area contributed by atoms with Crippen LogP contribution in [0.5, 0.6) is 0 Å². The van der Waals surface area contributed by atoms with Crippen molar-refractivity contribution in [1.82, 2.24) is 9.80 Å². The predicted molar refractivity (Wildman–Crippen MR) is 103 cm³/mol. The molecule has 0 radical (unpaired) electrons. The van der Waals surface area contributed by atoms with Crippen LogP contribution in [0.3, 0.4) is 0 Å². The molecule has 2 heterocycles. The van der Waals surface area contributed by atoms with Crippen LogP contribution in [0.1, 0.15) is 27.2 Å². The van der Waals surface area contributed by atoms with E-state index in [1.807, 2.05) is 30.0 Å². The van der Waals surface area contributed by atoms with Gasteiger partial charge in [0.2, 0.25) is 0 Å². The molecule has 0 spiro atoms.